The molecule has 0 radical (unpaired) electrons. The van der Waals surface area contributed by atoms with Crippen LogP contribution in [0.15, 0.2) is 0 Å². The quantitative estimate of drug-likeness (QED) is 0.790. The fourth-order valence-corrected chi connectivity index (χ4v) is 2.90. The van der Waals surface area contributed by atoms with Crippen molar-refractivity contribution in [1.29, 1.82) is 0 Å². The van der Waals surface area contributed by atoms with E-state index in [0.29, 0.717) is 12.0 Å². The van der Waals surface area contributed by atoms with Gasteiger partial charge in [0.25, 0.3) is 0 Å². The summed E-state index contributed by atoms with van der Waals surface area (Å²) in [7, 11) is 0. The molecule has 1 aliphatic rings. The van der Waals surface area contributed by atoms with Gasteiger partial charge in [-0.15, -0.1) is 21.5 Å². The lowest BCUT2D eigenvalue weighted by Crippen LogP contribution is -2.23. The molecule has 2 heterocycles. The number of nitrogens with one attached hydrogen (secondary N) is 1. The first-order valence-corrected chi connectivity index (χ1v) is 7.20. The van der Waals surface area contributed by atoms with Crippen molar-refractivity contribution in [3.63, 3.8) is 0 Å². The van der Waals surface area contributed by atoms with Gasteiger partial charge >= 0.3 is 0 Å². The minimum atomic E-state index is 0.495. The van der Waals surface area contributed by atoms with Gasteiger partial charge in [0.05, 0.1) is 6.61 Å². The van der Waals surface area contributed by atoms with Gasteiger partial charge in [-0.1, -0.05) is 13.8 Å². The van der Waals surface area contributed by atoms with Gasteiger partial charge in [0.2, 0.25) is 0 Å². The predicted octanol–water partition coefficient (Wildman–Crippen LogP) is 1.97. The number of aromatic nitrogens is 2. The molecule has 1 aliphatic heterocycles. The summed E-state index contributed by atoms with van der Waals surface area (Å²) in [5.74, 6) is 0.495. The van der Waals surface area contributed by atoms with Crippen LogP contribution in [0.4, 0.5) is 0 Å². The molecule has 0 aliphatic carbocycles. The summed E-state index contributed by atoms with van der Waals surface area (Å²) in [5.41, 5.74) is 0. The van der Waals surface area contributed by atoms with E-state index in [2.05, 4.69) is 29.4 Å². The summed E-state index contributed by atoms with van der Waals surface area (Å²) < 4.78 is 5.37. The van der Waals surface area contributed by atoms with Gasteiger partial charge in [-0.2, -0.15) is 0 Å². The minimum absolute atomic E-state index is 0.495. The molecule has 1 aromatic heterocycles. The summed E-state index contributed by atoms with van der Waals surface area (Å²) >= 11 is 1.76. The first kappa shape index (κ1) is 12.9. The van der Waals surface area contributed by atoms with Crippen molar-refractivity contribution in [3.8, 4) is 0 Å². The highest BCUT2D eigenvalue weighted by molar-refractivity contribution is 7.11. The summed E-state index contributed by atoms with van der Waals surface area (Å²) in [5, 5.41) is 14.3. The summed E-state index contributed by atoms with van der Waals surface area (Å²) in [6.45, 7) is 7.09. The van der Waals surface area contributed by atoms with Crippen LogP contribution in [0.3, 0.4) is 0 Å². The maximum absolute atomic E-state index is 5.37. The molecular weight excluding hydrogens is 234 g/mol. The van der Waals surface area contributed by atoms with Crippen LogP contribution < -0.4 is 5.32 Å². The van der Waals surface area contributed by atoms with Crippen LogP contribution in [0.2, 0.25) is 0 Å². The van der Waals surface area contributed by atoms with Gasteiger partial charge in [-0.25, -0.2) is 0 Å². The monoisotopic (exact) mass is 255 g/mol. The van der Waals surface area contributed by atoms with E-state index < -0.39 is 0 Å². The maximum Gasteiger partial charge on any atom is 0.122 e. The molecule has 0 aromatic carbocycles. The van der Waals surface area contributed by atoms with Crippen molar-refractivity contribution >= 4 is 11.3 Å². The van der Waals surface area contributed by atoms with E-state index in [0.717, 1.165) is 49.0 Å². The predicted molar refractivity (Wildman–Crippen MR) is 69.5 cm³/mol. The third-order valence-corrected chi connectivity index (χ3v) is 4.03. The van der Waals surface area contributed by atoms with E-state index >= 15 is 0 Å². The maximum atomic E-state index is 5.37. The normalized spacial score (nSPS) is 20.3. The van der Waals surface area contributed by atoms with Crippen molar-refractivity contribution < 1.29 is 4.74 Å². The van der Waals surface area contributed by atoms with Crippen molar-refractivity contribution in [2.75, 3.05) is 19.8 Å². The molecule has 0 amide bonds. The number of hydrogen-bond donors (Lipinski definition) is 1. The van der Waals surface area contributed by atoms with E-state index in [9.17, 15) is 0 Å². The van der Waals surface area contributed by atoms with Gasteiger partial charge < -0.3 is 10.1 Å². The Balaban J connectivity index is 1.74. The molecule has 1 N–H and O–H groups in total. The molecule has 1 fully saturated rings. The zero-order valence-corrected chi connectivity index (χ0v) is 11.4. The second-order valence-electron chi connectivity index (χ2n) is 4.81. The van der Waals surface area contributed by atoms with Crippen LogP contribution >= 0.6 is 11.3 Å². The Hall–Kier alpha value is -0.520. The highest BCUT2D eigenvalue weighted by atomic mass is 32.1. The molecule has 5 heteroatoms. The highest BCUT2D eigenvalue weighted by Gasteiger charge is 2.21. The fourth-order valence-electron chi connectivity index (χ4n) is 1.89. The van der Waals surface area contributed by atoms with Gasteiger partial charge in [0.15, 0.2) is 0 Å². The van der Waals surface area contributed by atoms with E-state index in [1.807, 2.05) is 0 Å². The van der Waals surface area contributed by atoms with Crippen LogP contribution in [0, 0.1) is 0 Å². The SMILES string of the molecule is CC(C)NCCCc1nnc(C2CCOC2)s1. The van der Waals surface area contributed by atoms with E-state index in [1.165, 1.54) is 0 Å². The smallest absolute Gasteiger partial charge is 0.122 e. The van der Waals surface area contributed by atoms with E-state index in [-0.39, 0.29) is 0 Å². The molecule has 1 unspecified atom stereocenters. The Kier molecular flexibility index (Phi) is 4.88. The van der Waals surface area contributed by atoms with Gasteiger partial charge in [-0.05, 0) is 19.4 Å². The number of nitrogens with zero attached hydrogens (tertiary/aromatic N) is 2. The Bertz CT molecular complexity index is 334. The Labute approximate surface area is 107 Å². The molecular formula is C12H21N3OS. The summed E-state index contributed by atoms with van der Waals surface area (Å²) in [4.78, 5) is 0. The number of aryl methyl sites for hydroxylation is 1. The molecule has 1 saturated heterocycles. The Morgan fingerprint density at radius 3 is 3.06 bits per heavy atom. The Morgan fingerprint density at radius 2 is 2.35 bits per heavy atom. The fraction of sp³-hybridized carbons (Fsp3) is 0.833. The van der Waals surface area contributed by atoms with Gasteiger partial charge in [0, 0.05) is 25.0 Å². The lowest BCUT2D eigenvalue weighted by molar-refractivity contribution is 0.194. The van der Waals surface area contributed by atoms with Crippen LogP contribution in [0.25, 0.3) is 0 Å². The standard InChI is InChI=1S/C12H21N3OS/c1-9(2)13-6-3-4-11-14-15-12(17-11)10-5-7-16-8-10/h9-10,13H,3-8H2,1-2H3. The molecule has 17 heavy (non-hydrogen) atoms. The van der Waals surface area contributed by atoms with Gasteiger partial charge in [0.1, 0.15) is 10.0 Å². The molecule has 1 atom stereocenters. The van der Waals surface area contributed by atoms with Crippen LogP contribution in [0.1, 0.15) is 42.6 Å². The van der Waals surface area contributed by atoms with Crippen molar-refractivity contribution in [3.05, 3.63) is 10.0 Å². The Morgan fingerprint density at radius 1 is 1.47 bits per heavy atom. The number of ether oxygens (including phenoxy) is 1. The summed E-state index contributed by atoms with van der Waals surface area (Å²) in [6.07, 6.45) is 3.27. The van der Waals surface area contributed by atoms with Crippen LogP contribution in [0.5, 0.6) is 0 Å². The molecule has 4 nitrogen and oxygen atoms in total. The first-order chi connectivity index (χ1) is 8.25. The van der Waals surface area contributed by atoms with Crippen LogP contribution in [-0.4, -0.2) is 36.0 Å². The highest BCUT2D eigenvalue weighted by Crippen LogP contribution is 2.27. The lowest BCUT2D eigenvalue weighted by Gasteiger charge is -2.05. The lowest BCUT2D eigenvalue weighted by atomic mass is 10.1. The zero-order valence-electron chi connectivity index (χ0n) is 10.6. The first-order valence-electron chi connectivity index (χ1n) is 6.39. The van der Waals surface area contributed by atoms with E-state index in [1.54, 1.807) is 11.3 Å². The number of hydrogen-bond acceptors (Lipinski definition) is 5. The van der Waals surface area contributed by atoms with Crippen molar-refractivity contribution in [2.24, 2.45) is 0 Å². The molecule has 0 spiro atoms. The largest absolute Gasteiger partial charge is 0.381 e. The third kappa shape index (κ3) is 4.01. The molecule has 2 rings (SSSR count). The zero-order chi connectivity index (χ0) is 12.1. The third-order valence-electron chi connectivity index (χ3n) is 2.88. The van der Waals surface area contributed by atoms with E-state index in [4.69, 9.17) is 4.74 Å². The molecule has 0 saturated carbocycles. The average molecular weight is 255 g/mol. The van der Waals surface area contributed by atoms with Crippen molar-refractivity contribution in [2.45, 2.75) is 45.1 Å². The molecule has 0 bridgehead atoms. The number of rotatable bonds is 6. The topological polar surface area (TPSA) is 47.0 Å². The van der Waals surface area contributed by atoms with Crippen LogP contribution in [-0.2, 0) is 11.2 Å². The summed E-state index contributed by atoms with van der Waals surface area (Å²) in [6, 6.07) is 0.565. The molecule has 96 valence electrons. The minimum Gasteiger partial charge on any atom is -0.381 e. The second-order valence-corrected chi connectivity index (χ2v) is 5.90. The van der Waals surface area contributed by atoms with Gasteiger partial charge in [-0.3, -0.25) is 0 Å². The molecule has 1 aromatic rings. The average Bonchev–Trinajstić information content (AvgIpc) is 2.94. The van der Waals surface area contributed by atoms with Crippen molar-refractivity contribution in [1.82, 2.24) is 15.5 Å². The second kappa shape index (κ2) is 6.42.